The highest BCUT2D eigenvalue weighted by atomic mass is 16.4. The van der Waals surface area contributed by atoms with Crippen molar-refractivity contribution in [1.82, 2.24) is 9.80 Å². The summed E-state index contributed by atoms with van der Waals surface area (Å²) in [5, 5.41) is 9.31. The van der Waals surface area contributed by atoms with Crippen LogP contribution in [0.3, 0.4) is 0 Å². The lowest BCUT2D eigenvalue weighted by Gasteiger charge is -2.38. The topological polar surface area (TPSA) is 43.8 Å². The minimum atomic E-state index is -0.672. The monoisotopic (exact) mass is 242 g/mol. The third-order valence-electron chi connectivity index (χ3n) is 3.78. The largest absolute Gasteiger partial charge is 0.480 e. The minimum absolute atomic E-state index is 0.313. The van der Waals surface area contributed by atoms with Crippen molar-refractivity contribution in [2.45, 2.75) is 51.1 Å². The molecule has 0 aliphatic carbocycles. The lowest BCUT2D eigenvalue weighted by molar-refractivity contribution is -0.144. The van der Waals surface area contributed by atoms with Crippen LogP contribution >= 0.6 is 0 Å². The number of nitrogens with zero attached hydrogens (tertiary/aromatic N) is 2. The van der Waals surface area contributed by atoms with Crippen LogP contribution in [0.4, 0.5) is 0 Å². The Bertz CT molecular complexity index is 246. The second-order valence-electron chi connectivity index (χ2n) is 5.22. The number of hydrogen-bond acceptors (Lipinski definition) is 3. The van der Waals surface area contributed by atoms with Gasteiger partial charge in [-0.2, -0.15) is 0 Å². The zero-order valence-electron chi connectivity index (χ0n) is 11.4. The molecular formula is C13H26N2O2. The van der Waals surface area contributed by atoms with E-state index in [4.69, 9.17) is 0 Å². The summed E-state index contributed by atoms with van der Waals surface area (Å²) in [6.07, 6.45) is 5.11. The van der Waals surface area contributed by atoms with Gasteiger partial charge >= 0.3 is 5.97 Å². The molecule has 2 unspecified atom stereocenters. The van der Waals surface area contributed by atoms with E-state index < -0.39 is 5.97 Å². The molecule has 4 nitrogen and oxygen atoms in total. The Morgan fingerprint density at radius 1 is 1.59 bits per heavy atom. The summed E-state index contributed by atoms with van der Waals surface area (Å²) in [4.78, 5) is 15.7. The van der Waals surface area contributed by atoms with Gasteiger partial charge < -0.3 is 10.0 Å². The summed E-state index contributed by atoms with van der Waals surface area (Å²) in [7, 11) is 4.08. The van der Waals surface area contributed by atoms with Gasteiger partial charge in [-0.15, -0.1) is 0 Å². The summed E-state index contributed by atoms with van der Waals surface area (Å²) in [6, 6.07) is 0.0816. The lowest BCUT2D eigenvalue weighted by atomic mass is 10.0. The van der Waals surface area contributed by atoms with Crippen LogP contribution in [0.25, 0.3) is 0 Å². The Kier molecular flexibility index (Phi) is 5.92. The fraction of sp³-hybridized carbons (Fsp3) is 0.923. The van der Waals surface area contributed by atoms with Gasteiger partial charge in [0.25, 0.3) is 0 Å². The first kappa shape index (κ1) is 14.5. The van der Waals surface area contributed by atoms with Crippen LogP contribution in [0.2, 0.25) is 0 Å². The number of carboxylic acids is 1. The van der Waals surface area contributed by atoms with Gasteiger partial charge in [0.05, 0.1) is 0 Å². The molecule has 4 heteroatoms. The molecule has 2 atom stereocenters. The average Bonchev–Trinajstić information content (AvgIpc) is 2.29. The number of hydrogen-bond donors (Lipinski definition) is 1. The number of piperidine rings is 1. The zero-order valence-corrected chi connectivity index (χ0v) is 11.4. The molecule has 0 bridgehead atoms. The molecule has 100 valence electrons. The number of carbonyl (C=O) groups is 1. The lowest BCUT2D eigenvalue weighted by Crippen LogP contribution is -2.51. The maximum absolute atomic E-state index is 11.3. The van der Waals surface area contributed by atoms with Gasteiger partial charge in [-0.05, 0) is 39.9 Å². The Morgan fingerprint density at radius 2 is 2.29 bits per heavy atom. The minimum Gasteiger partial charge on any atom is -0.480 e. The fourth-order valence-electron chi connectivity index (χ4n) is 2.62. The highest BCUT2D eigenvalue weighted by Gasteiger charge is 2.29. The second-order valence-corrected chi connectivity index (χ2v) is 5.22. The number of rotatable bonds is 6. The summed E-state index contributed by atoms with van der Waals surface area (Å²) < 4.78 is 0. The molecule has 1 N–H and O–H groups in total. The van der Waals surface area contributed by atoms with Crippen molar-refractivity contribution in [3.05, 3.63) is 0 Å². The quantitative estimate of drug-likeness (QED) is 0.769. The smallest absolute Gasteiger partial charge is 0.320 e. The van der Waals surface area contributed by atoms with E-state index in [-0.39, 0.29) is 6.04 Å². The van der Waals surface area contributed by atoms with Crippen molar-refractivity contribution >= 4 is 5.97 Å². The van der Waals surface area contributed by atoms with Crippen molar-refractivity contribution in [1.29, 1.82) is 0 Å². The van der Waals surface area contributed by atoms with Crippen molar-refractivity contribution in [2.75, 3.05) is 27.2 Å². The Labute approximate surface area is 105 Å². The second kappa shape index (κ2) is 6.97. The molecule has 0 aromatic heterocycles. The number of aliphatic carboxylic acids is 1. The molecule has 1 aliphatic heterocycles. The average molecular weight is 242 g/mol. The van der Waals surface area contributed by atoms with E-state index in [9.17, 15) is 9.90 Å². The van der Waals surface area contributed by atoms with Crippen LogP contribution in [-0.2, 0) is 4.79 Å². The Morgan fingerprint density at radius 3 is 2.82 bits per heavy atom. The van der Waals surface area contributed by atoms with E-state index in [1.807, 2.05) is 7.05 Å². The van der Waals surface area contributed by atoms with Crippen molar-refractivity contribution in [3.63, 3.8) is 0 Å². The summed E-state index contributed by atoms with van der Waals surface area (Å²) in [5.41, 5.74) is 0. The molecule has 1 heterocycles. The van der Waals surface area contributed by atoms with Crippen LogP contribution in [0, 0.1) is 0 Å². The number of carboxylic acid groups (broad SMARTS) is 1. The molecular weight excluding hydrogens is 216 g/mol. The van der Waals surface area contributed by atoms with E-state index >= 15 is 0 Å². The first-order valence-corrected chi connectivity index (χ1v) is 6.69. The van der Waals surface area contributed by atoms with Gasteiger partial charge in [0.1, 0.15) is 6.04 Å². The fourth-order valence-corrected chi connectivity index (χ4v) is 2.62. The molecule has 1 rings (SSSR count). The predicted octanol–water partition coefficient (Wildman–Crippen LogP) is 1.66. The molecule has 0 amide bonds. The first-order chi connectivity index (χ1) is 8.06. The number of likely N-dealkylation sites (N-methyl/N-ethyl adjacent to an activating group) is 2. The molecule has 0 spiro atoms. The highest BCUT2D eigenvalue weighted by molar-refractivity contribution is 5.73. The molecule has 1 saturated heterocycles. The van der Waals surface area contributed by atoms with Crippen LogP contribution in [0.1, 0.15) is 39.0 Å². The molecule has 1 aliphatic rings. The molecule has 1 fully saturated rings. The molecule has 0 aromatic carbocycles. The summed E-state index contributed by atoms with van der Waals surface area (Å²) in [5.74, 6) is -0.672. The Hall–Kier alpha value is -0.610. The van der Waals surface area contributed by atoms with Crippen LogP contribution < -0.4 is 0 Å². The van der Waals surface area contributed by atoms with Crippen LogP contribution in [-0.4, -0.2) is 60.1 Å². The van der Waals surface area contributed by atoms with Gasteiger partial charge in [-0.1, -0.05) is 19.8 Å². The maximum Gasteiger partial charge on any atom is 0.320 e. The van der Waals surface area contributed by atoms with Crippen molar-refractivity contribution in [2.24, 2.45) is 0 Å². The third kappa shape index (κ3) is 4.28. The van der Waals surface area contributed by atoms with Gasteiger partial charge in [-0.25, -0.2) is 0 Å². The van der Waals surface area contributed by atoms with E-state index in [2.05, 4.69) is 23.8 Å². The van der Waals surface area contributed by atoms with E-state index in [1.165, 1.54) is 6.42 Å². The number of unbranched alkanes of at least 4 members (excludes halogenated alkanes) is 1. The van der Waals surface area contributed by atoms with Crippen molar-refractivity contribution in [3.8, 4) is 0 Å². The zero-order chi connectivity index (χ0) is 12.8. The van der Waals surface area contributed by atoms with E-state index in [1.54, 1.807) is 0 Å². The highest BCUT2D eigenvalue weighted by Crippen LogP contribution is 2.18. The SMILES string of the molecule is CCCCC(C(=O)O)N(C)C1CCCN(C)C1. The molecule has 0 radical (unpaired) electrons. The van der Waals surface area contributed by atoms with Gasteiger partial charge in [0, 0.05) is 12.6 Å². The Balaban J connectivity index is 2.56. The van der Waals surface area contributed by atoms with Crippen LogP contribution in [0.5, 0.6) is 0 Å². The maximum atomic E-state index is 11.3. The predicted molar refractivity (Wildman–Crippen MR) is 69.2 cm³/mol. The van der Waals surface area contributed by atoms with Crippen LogP contribution in [0.15, 0.2) is 0 Å². The van der Waals surface area contributed by atoms with Crippen molar-refractivity contribution < 1.29 is 9.90 Å². The van der Waals surface area contributed by atoms with Gasteiger partial charge in [0.2, 0.25) is 0 Å². The standard InChI is InChI=1S/C13H26N2O2/c1-4-5-8-12(13(16)17)15(3)11-7-6-9-14(2)10-11/h11-12H,4-10H2,1-3H3,(H,16,17). The van der Waals surface area contributed by atoms with Gasteiger partial charge in [0.15, 0.2) is 0 Å². The van der Waals surface area contributed by atoms with Gasteiger partial charge in [-0.3, -0.25) is 9.69 Å². The molecule has 0 saturated carbocycles. The molecule has 17 heavy (non-hydrogen) atoms. The van der Waals surface area contributed by atoms with E-state index in [0.717, 1.165) is 38.8 Å². The number of likely N-dealkylation sites (tertiary alicyclic amines) is 1. The first-order valence-electron chi connectivity index (χ1n) is 6.69. The summed E-state index contributed by atoms with van der Waals surface area (Å²) in [6.45, 7) is 4.23. The molecule has 0 aromatic rings. The normalized spacial score (nSPS) is 23.9. The summed E-state index contributed by atoms with van der Waals surface area (Å²) >= 11 is 0. The third-order valence-corrected chi connectivity index (χ3v) is 3.78. The van der Waals surface area contributed by atoms with E-state index in [0.29, 0.717) is 6.04 Å².